The number of methoxy groups -OCH3 is 1. The fourth-order valence-electron chi connectivity index (χ4n) is 2.21. The van der Waals surface area contributed by atoms with E-state index in [0.29, 0.717) is 22.2 Å². The number of ether oxygens (including phenoxy) is 1. The molecule has 1 amide bonds. The smallest absolute Gasteiger partial charge is 0.312 e. The molecule has 0 atom stereocenters. The van der Waals surface area contributed by atoms with E-state index in [0.717, 1.165) is 0 Å². The summed E-state index contributed by atoms with van der Waals surface area (Å²) in [7, 11) is 1.48. The van der Waals surface area contributed by atoms with Crippen LogP contribution in [0.5, 0.6) is 5.75 Å². The van der Waals surface area contributed by atoms with Gasteiger partial charge in [0.25, 0.3) is 0 Å². The van der Waals surface area contributed by atoms with E-state index in [1.165, 1.54) is 18.7 Å². The van der Waals surface area contributed by atoms with Crippen molar-refractivity contribution in [2.75, 3.05) is 12.4 Å². The highest BCUT2D eigenvalue weighted by atomic mass is 35.5. The van der Waals surface area contributed by atoms with Crippen LogP contribution in [0.3, 0.4) is 0 Å². The van der Waals surface area contributed by atoms with Crippen molar-refractivity contribution in [1.82, 2.24) is 9.78 Å². The van der Waals surface area contributed by atoms with Gasteiger partial charge in [-0.25, -0.2) is 0 Å². The van der Waals surface area contributed by atoms with Gasteiger partial charge >= 0.3 is 5.69 Å². The molecule has 0 unspecified atom stereocenters. The summed E-state index contributed by atoms with van der Waals surface area (Å²) in [6, 6.07) is 4.83. The van der Waals surface area contributed by atoms with E-state index in [1.54, 1.807) is 25.1 Å². The molecule has 0 aliphatic heterocycles. The Balaban J connectivity index is 2.19. The van der Waals surface area contributed by atoms with Crippen LogP contribution in [0.4, 0.5) is 11.4 Å². The number of carbonyl (C=O) groups excluding carboxylic acids is 1. The maximum atomic E-state index is 12.2. The fourth-order valence-corrected chi connectivity index (χ4v) is 2.38. The molecule has 0 spiro atoms. The molecule has 0 saturated carbocycles. The van der Waals surface area contributed by atoms with E-state index in [2.05, 4.69) is 10.4 Å². The molecule has 0 aliphatic rings. The molecule has 0 saturated heterocycles. The van der Waals surface area contributed by atoms with Crippen molar-refractivity contribution in [2.24, 2.45) is 0 Å². The maximum Gasteiger partial charge on any atom is 0.312 e. The van der Waals surface area contributed by atoms with Crippen molar-refractivity contribution < 1.29 is 14.5 Å². The number of anilines is 1. The van der Waals surface area contributed by atoms with Crippen LogP contribution < -0.4 is 10.1 Å². The van der Waals surface area contributed by atoms with Gasteiger partial charge in [0.05, 0.1) is 17.7 Å². The summed E-state index contributed by atoms with van der Waals surface area (Å²) in [6.07, 6.45) is 0. The first-order valence-corrected chi connectivity index (χ1v) is 7.03. The Morgan fingerprint density at radius 2 is 2.17 bits per heavy atom. The number of hydrogen-bond donors (Lipinski definition) is 1. The van der Waals surface area contributed by atoms with Gasteiger partial charge in [-0.05, 0) is 32.0 Å². The number of aryl methyl sites for hydroxylation is 1. The molecule has 0 bridgehead atoms. The Kier molecular flexibility index (Phi) is 4.85. The monoisotopic (exact) mass is 338 g/mol. The molecule has 1 heterocycles. The molecule has 2 aromatic rings. The van der Waals surface area contributed by atoms with Gasteiger partial charge in [-0.3, -0.25) is 19.6 Å². The molecule has 23 heavy (non-hydrogen) atoms. The van der Waals surface area contributed by atoms with Crippen molar-refractivity contribution in [2.45, 2.75) is 20.4 Å². The predicted molar refractivity (Wildman–Crippen MR) is 85.0 cm³/mol. The molecule has 0 aliphatic carbocycles. The number of amides is 1. The molecular formula is C14H15ClN4O4. The van der Waals surface area contributed by atoms with E-state index in [9.17, 15) is 14.9 Å². The Labute approximate surface area is 137 Å². The second-order valence-electron chi connectivity index (χ2n) is 4.83. The van der Waals surface area contributed by atoms with Gasteiger partial charge in [0, 0.05) is 5.02 Å². The number of rotatable bonds is 5. The summed E-state index contributed by atoms with van der Waals surface area (Å²) >= 11 is 5.90. The second kappa shape index (κ2) is 6.66. The predicted octanol–water partition coefficient (Wildman–Crippen LogP) is 2.71. The van der Waals surface area contributed by atoms with E-state index >= 15 is 0 Å². The summed E-state index contributed by atoms with van der Waals surface area (Å²) in [5, 5.41) is 18.1. The minimum atomic E-state index is -0.508. The van der Waals surface area contributed by atoms with Gasteiger partial charge in [-0.1, -0.05) is 11.6 Å². The Hall–Kier alpha value is -2.61. The molecule has 2 rings (SSSR count). The zero-order valence-corrected chi connectivity index (χ0v) is 13.5. The van der Waals surface area contributed by atoms with E-state index in [-0.39, 0.29) is 17.9 Å². The number of hydrogen-bond acceptors (Lipinski definition) is 5. The number of nitrogens with zero attached hydrogens (tertiary/aromatic N) is 3. The molecule has 8 nitrogen and oxygen atoms in total. The average molecular weight is 339 g/mol. The van der Waals surface area contributed by atoms with Crippen LogP contribution in [-0.2, 0) is 11.3 Å². The first-order valence-electron chi connectivity index (χ1n) is 6.65. The summed E-state index contributed by atoms with van der Waals surface area (Å²) in [5.74, 6) is 0.0631. The van der Waals surface area contributed by atoms with Crippen LogP contribution in [0, 0.1) is 24.0 Å². The normalized spacial score (nSPS) is 10.4. The van der Waals surface area contributed by atoms with Gasteiger partial charge in [0.1, 0.15) is 23.7 Å². The third-order valence-corrected chi connectivity index (χ3v) is 3.49. The summed E-state index contributed by atoms with van der Waals surface area (Å²) in [5.41, 5.74) is 0.917. The maximum absolute atomic E-state index is 12.2. The molecule has 0 radical (unpaired) electrons. The number of nitro groups is 1. The lowest BCUT2D eigenvalue weighted by Crippen LogP contribution is -2.20. The molecular weight excluding hydrogens is 324 g/mol. The fraction of sp³-hybridized carbons (Fsp3) is 0.286. The highest BCUT2D eigenvalue weighted by Crippen LogP contribution is 2.28. The van der Waals surface area contributed by atoms with E-state index in [1.807, 2.05) is 0 Å². The van der Waals surface area contributed by atoms with Crippen LogP contribution >= 0.6 is 11.6 Å². The first kappa shape index (κ1) is 16.8. The van der Waals surface area contributed by atoms with Crippen molar-refractivity contribution >= 4 is 28.9 Å². The molecule has 122 valence electrons. The van der Waals surface area contributed by atoms with Crippen molar-refractivity contribution in [1.29, 1.82) is 0 Å². The Morgan fingerprint density at radius 3 is 2.74 bits per heavy atom. The molecule has 0 fully saturated rings. The quantitative estimate of drug-likeness (QED) is 0.667. The minimum absolute atomic E-state index is 0.0851. The van der Waals surface area contributed by atoms with E-state index < -0.39 is 10.8 Å². The highest BCUT2D eigenvalue weighted by molar-refractivity contribution is 6.31. The van der Waals surface area contributed by atoms with E-state index in [4.69, 9.17) is 16.3 Å². The van der Waals surface area contributed by atoms with Crippen LogP contribution in [0.25, 0.3) is 0 Å². The number of benzene rings is 1. The zero-order chi connectivity index (χ0) is 17.1. The van der Waals surface area contributed by atoms with Gasteiger partial charge in [0.2, 0.25) is 5.91 Å². The Morgan fingerprint density at radius 1 is 1.48 bits per heavy atom. The third-order valence-electron chi connectivity index (χ3n) is 3.25. The van der Waals surface area contributed by atoms with Gasteiger partial charge in [-0.15, -0.1) is 0 Å². The zero-order valence-electron chi connectivity index (χ0n) is 12.8. The van der Waals surface area contributed by atoms with Gasteiger partial charge < -0.3 is 10.1 Å². The van der Waals surface area contributed by atoms with Crippen molar-refractivity contribution in [3.63, 3.8) is 0 Å². The van der Waals surface area contributed by atoms with Gasteiger partial charge in [-0.2, -0.15) is 5.10 Å². The third kappa shape index (κ3) is 3.59. The van der Waals surface area contributed by atoms with Gasteiger partial charge in [0.15, 0.2) is 0 Å². The second-order valence-corrected chi connectivity index (χ2v) is 5.26. The minimum Gasteiger partial charge on any atom is -0.495 e. The van der Waals surface area contributed by atoms with Crippen molar-refractivity contribution in [3.8, 4) is 5.75 Å². The largest absolute Gasteiger partial charge is 0.495 e. The van der Waals surface area contributed by atoms with Crippen LogP contribution in [0.2, 0.25) is 5.02 Å². The topological polar surface area (TPSA) is 99.3 Å². The summed E-state index contributed by atoms with van der Waals surface area (Å²) < 4.78 is 6.44. The number of halogens is 1. The van der Waals surface area contributed by atoms with Crippen molar-refractivity contribution in [3.05, 3.63) is 44.7 Å². The molecule has 9 heteroatoms. The average Bonchev–Trinajstić information content (AvgIpc) is 2.73. The standard InChI is InChI=1S/C14H15ClN4O4/c1-8-14(19(21)22)9(2)18(17-8)7-13(20)16-11-6-10(15)4-5-12(11)23-3/h4-6H,7H2,1-3H3,(H,16,20). The lowest BCUT2D eigenvalue weighted by Gasteiger charge is -2.11. The highest BCUT2D eigenvalue weighted by Gasteiger charge is 2.23. The number of carbonyl (C=O) groups is 1. The summed E-state index contributed by atoms with van der Waals surface area (Å²) in [6.45, 7) is 2.92. The lowest BCUT2D eigenvalue weighted by molar-refractivity contribution is -0.386. The van der Waals surface area contributed by atoms with Crippen LogP contribution in [0.1, 0.15) is 11.4 Å². The molecule has 1 aromatic heterocycles. The molecule has 1 N–H and O–H groups in total. The lowest BCUT2D eigenvalue weighted by atomic mass is 10.3. The number of nitrogens with one attached hydrogen (secondary N) is 1. The van der Waals surface area contributed by atoms with Crippen LogP contribution in [0.15, 0.2) is 18.2 Å². The summed E-state index contributed by atoms with van der Waals surface area (Å²) in [4.78, 5) is 22.6. The molecule has 1 aromatic carbocycles. The first-order chi connectivity index (χ1) is 10.8. The van der Waals surface area contributed by atoms with Crippen LogP contribution in [-0.4, -0.2) is 27.7 Å². The SMILES string of the molecule is COc1ccc(Cl)cc1NC(=O)Cn1nc(C)c([N+](=O)[O-])c1C. The number of aromatic nitrogens is 2. The Bertz CT molecular complexity index is 772.